The van der Waals surface area contributed by atoms with Crippen LogP contribution >= 0.6 is 0 Å². The van der Waals surface area contributed by atoms with Crippen LogP contribution in [0.1, 0.15) is 31.5 Å². The molecule has 1 aromatic carbocycles. The van der Waals surface area contributed by atoms with Crippen LogP contribution in [0.25, 0.3) is 11.4 Å². The molecule has 2 atom stereocenters. The predicted molar refractivity (Wildman–Crippen MR) is 133 cm³/mol. The number of nitriles is 1. The molecule has 3 N–H and O–H groups in total. The maximum Gasteiger partial charge on any atom is 0.248 e. The molecule has 1 fully saturated rings. The summed E-state index contributed by atoms with van der Waals surface area (Å²) in [7, 11) is 0. The van der Waals surface area contributed by atoms with Crippen molar-refractivity contribution >= 4 is 17.4 Å². The van der Waals surface area contributed by atoms with Crippen molar-refractivity contribution in [1.82, 2.24) is 19.9 Å². The Labute approximate surface area is 213 Å². The lowest BCUT2D eigenvalue weighted by Crippen LogP contribution is -2.50. The van der Waals surface area contributed by atoms with Crippen molar-refractivity contribution in [2.75, 3.05) is 25.0 Å². The molecule has 0 unspecified atom stereocenters. The number of likely N-dealkylation sites (tertiary alicyclic amines) is 1. The normalized spacial score (nSPS) is 17.7. The average molecular weight is 507 g/mol. The number of hydrogen-bond donors (Lipinski definition) is 3. The number of nitrogens with one attached hydrogen (secondary N) is 1. The number of alkyl halides is 1. The third-order valence-electron chi connectivity index (χ3n) is 5.92. The van der Waals surface area contributed by atoms with Gasteiger partial charge >= 0.3 is 0 Å². The van der Waals surface area contributed by atoms with Gasteiger partial charge in [-0.1, -0.05) is 0 Å². The SMILES string of the molecule is CC(C)(O)c1cc(Nc2ccnc(-c3ccc(O[C@H]4CCN(C(=O)CO)C[C@H]4F)c(C#N)c3)n2)ccn1. The molecule has 2 aromatic heterocycles. The van der Waals surface area contributed by atoms with E-state index in [0.29, 0.717) is 28.6 Å². The fourth-order valence-electron chi connectivity index (χ4n) is 3.92. The Morgan fingerprint density at radius 3 is 2.76 bits per heavy atom. The van der Waals surface area contributed by atoms with Crippen LogP contribution in [-0.2, 0) is 10.4 Å². The van der Waals surface area contributed by atoms with E-state index < -0.39 is 30.4 Å². The number of aliphatic hydroxyl groups excluding tert-OH is 1. The van der Waals surface area contributed by atoms with Gasteiger partial charge in [0, 0.05) is 36.6 Å². The van der Waals surface area contributed by atoms with Crippen LogP contribution in [0.5, 0.6) is 5.75 Å². The first kappa shape index (κ1) is 25.9. The molecule has 0 spiro atoms. The van der Waals surface area contributed by atoms with Crippen LogP contribution in [-0.4, -0.2) is 67.9 Å². The van der Waals surface area contributed by atoms with E-state index in [1.807, 2.05) is 0 Å². The summed E-state index contributed by atoms with van der Waals surface area (Å²) >= 11 is 0. The van der Waals surface area contributed by atoms with Gasteiger partial charge in [-0.05, 0) is 50.2 Å². The smallest absolute Gasteiger partial charge is 0.248 e. The minimum Gasteiger partial charge on any atom is -0.486 e. The van der Waals surface area contributed by atoms with Crippen molar-refractivity contribution in [3.05, 3.63) is 60.0 Å². The maximum absolute atomic E-state index is 14.6. The lowest BCUT2D eigenvalue weighted by Gasteiger charge is -2.34. The van der Waals surface area contributed by atoms with Gasteiger partial charge in [0.25, 0.3) is 0 Å². The molecule has 0 radical (unpaired) electrons. The summed E-state index contributed by atoms with van der Waals surface area (Å²) in [5.41, 5.74) is 0.860. The summed E-state index contributed by atoms with van der Waals surface area (Å²) in [6, 6.07) is 12.1. The van der Waals surface area contributed by atoms with Gasteiger partial charge in [-0.2, -0.15) is 5.26 Å². The monoisotopic (exact) mass is 506 g/mol. The number of carbonyl (C=O) groups excluding carboxylic acids is 1. The second-order valence-electron chi connectivity index (χ2n) is 9.16. The fourth-order valence-corrected chi connectivity index (χ4v) is 3.92. The van der Waals surface area contributed by atoms with Gasteiger partial charge in [0.2, 0.25) is 5.91 Å². The Kier molecular flexibility index (Phi) is 7.61. The number of ether oxygens (including phenoxy) is 1. The van der Waals surface area contributed by atoms with Gasteiger partial charge in [-0.25, -0.2) is 14.4 Å². The Morgan fingerprint density at radius 2 is 2.05 bits per heavy atom. The number of amides is 1. The van der Waals surface area contributed by atoms with E-state index in [1.165, 1.54) is 4.90 Å². The molecular formula is C26H27FN6O4. The van der Waals surface area contributed by atoms with Gasteiger partial charge in [0.1, 0.15) is 35.9 Å². The number of rotatable bonds is 7. The molecule has 3 aromatic rings. The highest BCUT2D eigenvalue weighted by atomic mass is 19.1. The van der Waals surface area contributed by atoms with E-state index in [2.05, 4.69) is 26.3 Å². The molecule has 1 amide bonds. The summed E-state index contributed by atoms with van der Waals surface area (Å²) in [6.07, 6.45) is 1.13. The third kappa shape index (κ3) is 6.17. The molecule has 10 nitrogen and oxygen atoms in total. The molecule has 37 heavy (non-hydrogen) atoms. The highest BCUT2D eigenvalue weighted by molar-refractivity contribution is 5.77. The topological polar surface area (TPSA) is 144 Å². The van der Waals surface area contributed by atoms with E-state index in [4.69, 9.17) is 9.84 Å². The Morgan fingerprint density at radius 1 is 1.27 bits per heavy atom. The van der Waals surface area contributed by atoms with E-state index in [-0.39, 0.29) is 30.8 Å². The minimum absolute atomic E-state index is 0.174. The molecule has 1 aliphatic heterocycles. The van der Waals surface area contributed by atoms with E-state index >= 15 is 0 Å². The summed E-state index contributed by atoms with van der Waals surface area (Å²) in [5, 5.41) is 32.0. The first-order valence-electron chi connectivity index (χ1n) is 11.7. The molecule has 3 heterocycles. The maximum atomic E-state index is 14.6. The highest BCUT2D eigenvalue weighted by Gasteiger charge is 2.33. The van der Waals surface area contributed by atoms with Gasteiger partial charge in [0.15, 0.2) is 12.0 Å². The number of pyridine rings is 1. The zero-order chi connectivity index (χ0) is 26.6. The number of nitrogens with zero attached hydrogens (tertiary/aromatic N) is 5. The summed E-state index contributed by atoms with van der Waals surface area (Å²) < 4.78 is 20.5. The first-order chi connectivity index (χ1) is 17.7. The number of carbonyl (C=O) groups is 1. The number of halogens is 1. The van der Waals surface area contributed by atoms with Crippen LogP contribution in [0.15, 0.2) is 48.8 Å². The van der Waals surface area contributed by atoms with Crippen molar-refractivity contribution < 1.29 is 24.1 Å². The second-order valence-corrected chi connectivity index (χ2v) is 9.16. The Hall–Kier alpha value is -4.14. The molecule has 192 valence electrons. The van der Waals surface area contributed by atoms with Crippen LogP contribution in [0, 0.1) is 11.3 Å². The molecule has 1 aliphatic rings. The quantitative estimate of drug-likeness (QED) is 0.440. The van der Waals surface area contributed by atoms with Gasteiger partial charge in [-0.3, -0.25) is 9.78 Å². The largest absolute Gasteiger partial charge is 0.486 e. The van der Waals surface area contributed by atoms with Gasteiger partial charge < -0.3 is 25.2 Å². The Bertz CT molecular complexity index is 1320. The number of aliphatic hydroxyl groups is 2. The summed E-state index contributed by atoms with van der Waals surface area (Å²) in [6.45, 7) is 2.72. The van der Waals surface area contributed by atoms with Crippen molar-refractivity contribution in [2.45, 2.75) is 38.1 Å². The van der Waals surface area contributed by atoms with Crippen LogP contribution in [0.3, 0.4) is 0 Å². The van der Waals surface area contributed by atoms with E-state index in [0.717, 1.165) is 0 Å². The molecule has 4 rings (SSSR count). The average Bonchev–Trinajstić information content (AvgIpc) is 2.89. The third-order valence-corrected chi connectivity index (χ3v) is 5.92. The minimum atomic E-state index is -1.45. The highest BCUT2D eigenvalue weighted by Crippen LogP contribution is 2.29. The molecule has 0 aliphatic carbocycles. The molecule has 0 bridgehead atoms. The molecule has 1 saturated heterocycles. The number of benzene rings is 1. The molecule has 0 saturated carbocycles. The number of aromatic nitrogens is 3. The lowest BCUT2D eigenvalue weighted by atomic mass is 10.0. The van der Waals surface area contributed by atoms with Gasteiger partial charge in [0.05, 0.1) is 17.8 Å². The molecule has 11 heteroatoms. The predicted octanol–water partition coefficient (Wildman–Crippen LogP) is 2.69. The van der Waals surface area contributed by atoms with Crippen LogP contribution in [0.4, 0.5) is 15.9 Å². The van der Waals surface area contributed by atoms with Gasteiger partial charge in [-0.15, -0.1) is 0 Å². The zero-order valence-corrected chi connectivity index (χ0v) is 20.4. The standard InChI is InChI=1S/C26H27FN6O4/c1-26(2,36)22-12-18(5-8-29-22)31-23-6-9-30-25(32-23)16-3-4-20(17(11-16)13-28)37-21-7-10-33(14-19(21)27)24(35)15-34/h3-6,8-9,11-12,19,21,34,36H,7,10,14-15H2,1-2H3,(H,29,30,31,32)/t19-,21+/m1/s1. The molecular weight excluding hydrogens is 479 g/mol. The number of piperidine rings is 1. The summed E-state index contributed by atoms with van der Waals surface area (Å²) in [5.74, 6) is 0.567. The van der Waals surface area contributed by atoms with E-state index in [9.17, 15) is 19.6 Å². The number of hydrogen-bond acceptors (Lipinski definition) is 9. The van der Waals surface area contributed by atoms with Crippen LogP contribution < -0.4 is 10.1 Å². The van der Waals surface area contributed by atoms with Crippen LogP contribution in [0.2, 0.25) is 0 Å². The number of anilines is 2. The van der Waals surface area contributed by atoms with E-state index in [1.54, 1.807) is 62.6 Å². The zero-order valence-electron chi connectivity index (χ0n) is 20.4. The van der Waals surface area contributed by atoms with Crippen molar-refractivity contribution in [2.24, 2.45) is 0 Å². The lowest BCUT2D eigenvalue weighted by molar-refractivity contribution is -0.138. The first-order valence-corrected chi connectivity index (χ1v) is 11.7. The van der Waals surface area contributed by atoms with Crippen molar-refractivity contribution in [3.63, 3.8) is 0 Å². The Balaban J connectivity index is 1.50. The summed E-state index contributed by atoms with van der Waals surface area (Å²) in [4.78, 5) is 25.9. The van der Waals surface area contributed by atoms with Crippen molar-refractivity contribution in [3.8, 4) is 23.2 Å². The van der Waals surface area contributed by atoms with Crippen molar-refractivity contribution in [1.29, 1.82) is 5.26 Å². The fraction of sp³-hybridized carbons (Fsp3) is 0.346. The second kappa shape index (κ2) is 10.9.